The van der Waals surface area contributed by atoms with Gasteiger partial charge in [-0.05, 0) is 49.2 Å². The SMILES string of the molecule is CN(c1ccc(NS(=O)(=O)c2ccc(N3C(=O)CCC3=O)cc2)cn1)C1CCCCC1. The predicted molar refractivity (Wildman–Crippen MR) is 118 cm³/mol. The molecule has 31 heavy (non-hydrogen) atoms. The van der Waals surface area contributed by atoms with Crippen LogP contribution in [0.25, 0.3) is 0 Å². The van der Waals surface area contributed by atoms with E-state index in [4.69, 9.17) is 0 Å². The zero-order valence-corrected chi connectivity index (χ0v) is 18.3. The van der Waals surface area contributed by atoms with Crippen LogP contribution in [0, 0.1) is 0 Å². The van der Waals surface area contributed by atoms with E-state index in [2.05, 4.69) is 14.6 Å². The van der Waals surface area contributed by atoms with Gasteiger partial charge >= 0.3 is 0 Å². The molecule has 1 saturated carbocycles. The molecule has 1 aromatic heterocycles. The number of sulfonamides is 1. The summed E-state index contributed by atoms with van der Waals surface area (Å²) in [4.78, 5) is 31.4. The lowest BCUT2D eigenvalue weighted by Gasteiger charge is -2.32. The summed E-state index contributed by atoms with van der Waals surface area (Å²) in [5.74, 6) is 0.269. The van der Waals surface area contributed by atoms with Gasteiger partial charge in [0.1, 0.15) is 5.82 Å². The second-order valence-electron chi connectivity index (χ2n) is 8.03. The molecule has 0 atom stereocenters. The van der Waals surface area contributed by atoms with E-state index in [0.717, 1.165) is 23.6 Å². The van der Waals surface area contributed by atoms with E-state index >= 15 is 0 Å². The first-order valence-corrected chi connectivity index (χ1v) is 12.0. The van der Waals surface area contributed by atoms with Crippen LogP contribution in [0.15, 0.2) is 47.5 Å². The number of rotatable bonds is 6. The Morgan fingerprint density at radius 3 is 2.19 bits per heavy atom. The van der Waals surface area contributed by atoms with Crippen LogP contribution >= 0.6 is 0 Å². The van der Waals surface area contributed by atoms with Gasteiger partial charge in [0, 0.05) is 25.9 Å². The van der Waals surface area contributed by atoms with E-state index in [0.29, 0.717) is 17.4 Å². The summed E-state index contributed by atoms with van der Waals surface area (Å²) in [5, 5.41) is 0. The topological polar surface area (TPSA) is 99.7 Å². The highest BCUT2D eigenvalue weighted by molar-refractivity contribution is 7.92. The third-order valence-corrected chi connectivity index (χ3v) is 7.34. The molecule has 0 spiro atoms. The van der Waals surface area contributed by atoms with Crippen LogP contribution in [0.5, 0.6) is 0 Å². The lowest BCUT2D eigenvalue weighted by molar-refractivity contribution is -0.121. The van der Waals surface area contributed by atoms with Crippen LogP contribution in [-0.2, 0) is 19.6 Å². The smallest absolute Gasteiger partial charge is 0.261 e. The Kier molecular flexibility index (Phi) is 5.95. The van der Waals surface area contributed by atoms with Gasteiger partial charge in [-0.25, -0.2) is 13.4 Å². The number of nitrogens with zero attached hydrogens (tertiary/aromatic N) is 3. The predicted octanol–water partition coefficient (Wildman–Crippen LogP) is 3.30. The van der Waals surface area contributed by atoms with Crippen LogP contribution < -0.4 is 14.5 Å². The number of aromatic nitrogens is 1. The van der Waals surface area contributed by atoms with Crippen LogP contribution in [0.1, 0.15) is 44.9 Å². The summed E-state index contributed by atoms with van der Waals surface area (Å²) < 4.78 is 28.0. The molecule has 2 fully saturated rings. The van der Waals surface area contributed by atoms with Gasteiger partial charge in [0.25, 0.3) is 10.0 Å². The second-order valence-corrected chi connectivity index (χ2v) is 9.71. The summed E-state index contributed by atoms with van der Waals surface area (Å²) in [6.45, 7) is 0. The molecular weight excluding hydrogens is 416 g/mol. The Morgan fingerprint density at radius 1 is 0.968 bits per heavy atom. The minimum absolute atomic E-state index is 0.0405. The van der Waals surface area contributed by atoms with E-state index in [1.165, 1.54) is 49.7 Å². The molecule has 1 N–H and O–H groups in total. The minimum atomic E-state index is -3.83. The maximum absolute atomic E-state index is 12.7. The number of anilines is 3. The molecule has 2 amide bonds. The van der Waals surface area contributed by atoms with Crippen molar-refractivity contribution in [3.63, 3.8) is 0 Å². The molecule has 0 radical (unpaired) electrons. The number of hydrogen-bond acceptors (Lipinski definition) is 6. The third-order valence-electron chi connectivity index (χ3n) is 5.94. The van der Waals surface area contributed by atoms with Crippen molar-refractivity contribution in [2.75, 3.05) is 21.6 Å². The van der Waals surface area contributed by atoms with Crippen molar-refractivity contribution >= 4 is 39.0 Å². The number of hydrogen-bond donors (Lipinski definition) is 1. The molecule has 164 valence electrons. The van der Waals surface area contributed by atoms with Gasteiger partial charge in [-0.15, -0.1) is 0 Å². The van der Waals surface area contributed by atoms with Gasteiger partial charge < -0.3 is 4.90 Å². The van der Waals surface area contributed by atoms with Crippen LogP contribution in [0.2, 0.25) is 0 Å². The van der Waals surface area contributed by atoms with Crippen LogP contribution in [0.3, 0.4) is 0 Å². The average molecular weight is 443 g/mol. The fraction of sp³-hybridized carbons (Fsp3) is 0.409. The summed E-state index contributed by atoms with van der Waals surface area (Å²) in [7, 11) is -1.80. The Bertz CT molecular complexity index is 1050. The van der Waals surface area contributed by atoms with Gasteiger partial charge in [-0.3, -0.25) is 19.2 Å². The molecule has 1 aromatic carbocycles. The largest absolute Gasteiger partial charge is 0.357 e. The number of imide groups is 1. The summed E-state index contributed by atoms with van der Waals surface area (Å²) in [6.07, 6.45) is 7.91. The highest BCUT2D eigenvalue weighted by atomic mass is 32.2. The number of amides is 2. The van der Waals surface area contributed by atoms with Gasteiger partial charge in [0.05, 0.1) is 22.5 Å². The average Bonchev–Trinajstić information content (AvgIpc) is 3.12. The first-order valence-electron chi connectivity index (χ1n) is 10.5. The summed E-state index contributed by atoms with van der Waals surface area (Å²) >= 11 is 0. The number of pyridine rings is 1. The molecule has 1 saturated heterocycles. The Balaban J connectivity index is 1.44. The highest BCUT2D eigenvalue weighted by Gasteiger charge is 2.30. The normalized spacial score (nSPS) is 17.8. The third kappa shape index (κ3) is 4.56. The lowest BCUT2D eigenvalue weighted by Crippen LogP contribution is -2.33. The molecule has 1 aliphatic carbocycles. The molecule has 0 bridgehead atoms. The molecular formula is C22H26N4O4S. The monoisotopic (exact) mass is 442 g/mol. The van der Waals surface area contributed by atoms with Crippen molar-refractivity contribution in [2.45, 2.75) is 55.9 Å². The molecule has 9 heteroatoms. The van der Waals surface area contributed by atoms with Crippen molar-refractivity contribution in [1.29, 1.82) is 0 Å². The van der Waals surface area contributed by atoms with Crippen LogP contribution in [0.4, 0.5) is 17.2 Å². The Labute approximate surface area is 182 Å². The fourth-order valence-electron chi connectivity index (χ4n) is 4.16. The van der Waals surface area contributed by atoms with Crippen molar-refractivity contribution in [2.24, 2.45) is 0 Å². The first-order chi connectivity index (χ1) is 14.8. The maximum atomic E-state index is 12.7. The van der Waals surface area contributed by atoms with Crippen molar-refractivity contribution in [3.8, 4) is 0 Å². The van der Waals surface area contributed by atoms with Crippen LogP contribution in [-0.4, -0.2) is 38.3 Å². The van der Waals surface area contributed by atoms with Gasteiger partial charge in [0.15, 0.2) is 0 Å². The second kappa shape index (κ2) is 8.66. The van der Waals surface area contributed by atoms with E-state index in [1.807, 2.05) is 13.1 Å². The van der Waals surface area contributed by atoms with Crippen molar-refractivity contribution < 1.29 is 18.0 Å². The maximum Gasteiger partial charge on any atom is 0.261 e. The Morgan fingerprint density at radius 2 is 1.61 bits per heavy atom. The first kappa shape index (κ1) is 21.3. The molecule has 2 aliphatic rings. The summed E-state index contributed by atoms with van der Waals surface area (Å²) in [5.41, 5.74) is 0.748. The van der Waals surface area contributed by atoms with Crippen molar-refractivity contribution in [3.05, 3.63) is 42.6 Å². The van der Waals surface area contributed by atoms with Gasteiger partial charge in [-0.1, -0.05) is 19.3 Å². The molecule has 2 aromatic rings. The van der Waals surface area contributed by atoms with E-state index in [1.54, 1.807) is 6.07 Å². The lowest BCUT2D eigenvalue weighted by atomic mass is 9.94. The van der Waals surface area contributed by atoms with Gasteiger partial charge in [0.2, 0.25) is 11.8 Å². The van der Waals surface area contributed by atoms with E-state index < -0.39 is 10.0 Å². The van der Waals surface area contributed by atoms with E-state index in [9.17, 15) is 18.0 Å². The number of benzene rings is 1. The number of carbonyl (C=O) groups excluding carboxylic acids is 2. The zero-order chi connectivity index (χ0) is 22.0. The molecule has 1 aliphatic heterocycles. The molecule has 4 rings (SSSR count). The minimum Gasteiger partial charge on any atom is -0.357 e. The van der Waals surface area contributed by atoms with Crippen molar-refractivity contribution in [1.82, 2.24) is 4.98 Å². The number of carbonyl (C=O) groups is 2. The zero-order valence-electron chi connectivity index (χ0n) is 17.5. The summed E-state index contributed by atoms with van der Waals surface area (Å²) in [6, 6.07) is 9.70. The molecule has 8 nitrogen and oxygen atoms in total. The number of nitrogens with one attached hydrogen (secondary N) is 1. The van der Waals surface area contributed by atoms with Gasteiger partial charge in [-0.2, -0.15) is 0 Å². The van der Waals surface area contributed by atoms with E-state index in [-0.39, 0.29) is 29.6 Å². The molecule has 0 unspecified atom stereocenters. The standard InChI is InChI=1S/C22H26N4O4S/c1-25(17-5-3-2-4-6-17)20-12-7-16(15-23-20)24-31(29,30)19-10-8-18(9-11-19)26-21(27)13-14-22(26)28/h7-12,15,17,24H,2-6,13-14H2,1H3. The quantitative estimate of drug-likeness (QED) is 0.689. The fourth-order valence-corrected chi connectivity index (χ4v) is 5.21. The Hall–Kier alpha value is -2.94. The molecule has 2 heterocycles. The highest BCUT2D eigenvalue weighted by Crippen LogP contribution is 2.27.